The summed E-state index contributed by atoms with van der Waals surface area (Å²) in [4.78, 5) is 11.8. The van der Waals surface area contributed by atoms with Gasteiger partial charge < -0.3 is 4.74 Å². The van der Waals surface area contributed by atoms with Crippen LogP contribution in [0.2, 0.25) is 0 Å². The van der Waals surface area contributed by atoms with Crippen molar-refractivity contribution in [1.29, 1.82) is 5.26 Å². The molecule has 2 rings (SSSR count). The highest BCUT2D eigenvalue weighted by molar-refractivity contribution is 5.95. The summed E-state index contributed by atoms with van der Waals surface area (Å²) in [5.41, 5.74) is 2.86. The lowest BCUT2D eigenvalue weighted by molar-refractivity contribution is 0.0951. The van der Waals surface area contributed by atoms with Gasteiger partial charge in [-0.25, -0.2) is 9.82 Å². The Labute approximate surface area is 126 Å². The zero-order valence-electron chi connectivity index (χ0n) is 11.7. The number of ether oxygens (including phenoxy) is 1. The summed E-state index contributed by atoms with van der Waals surface area (Å²) in [5, 5.41) is 12.4. The van der Waals surface area contributed by atoms with Gasteiger partial charge in [0.05, 0.1) is 30.5 Å². The molecule has 6 heteroatoms. The van der Waals surface area contributed by atoms with E-state index in [1.165, 1.54) is 25.5 Å². The molecular weight excluding hydrogens is 285 g/mol. The summed E-state index contributed by atoms with van der Waals surface area (Å²) >= 11 is 0. The van der Waals surface area contributed by atoms with Crippen molar-refractivity contribution in [2.45, 2.75) is 0 Å². The maximum absolute atomic E-state index is 13.7. The molecule has 0 aliphatic carbocycles. The highest BCUT2D eigenvalue weighted by atomic mass is 19.1. The molecule has 0 fully saturated rings. The number of nitriles is 1. The van der Waals surface area contributed by atoms with Gasteiger partial charge in [-0.2, -0.15) is 10.4 Å². The average molecular weight is 297 g/mol. The lowest BCUT2D eigenvalue weighted by Gasteiger charge is -2.04. The van der Waals surface area contributed by atoms with E-state index in [2.05, 4.69) is 10.5 Å². The van der Waals surface area contributed by atoms with Gasteiger partial charge in [0.25, 0.3) is 5.91 Å². The van der Waals surface area contributed by atoms with Gasteiger partial charge in [0.2, 0.25) is 0 Å². The Hall–Kier alpha value is -3.20. The molecule has 0 heterocycles. The van der Waals surface area contributed by atoms with Gasteiger partial charge in [-0.05, 0) is 30.3 Å². The molecule has 2 aromatic carbocycles. The van der Waals surface area contributed by atoms with Crippen molar-refractivity contribution in [3.63, 3.8) is 0 Å². The molecule has 0 aliphatic rings. The number of nitrogens with zero attached hydrogens (tertiary/aromatic N) is 2. The van der Waals surface area contributed by atoms with E-state index in [1.807, 2.05) is 0 Å². The lowest BCUT2D eigenvalue weighted by Crippen LogP contribution is -2.19. The van der Waals surface area contributed by atoms with E-state index in [1.54, 1.807) is 30.3 Å². The normalized spacial score (nSPS) is 10.2. The van der Waals surface area contributed by atoms with Crippen LogP contribution in [0.15, 0.2) is 47.6 Å². The quantitative estimate of drug-likeness (QED) is 0.696. The van der Waals surface area contributed by atoms with E-state index in [4.69, 9.17) is 10.00 Å². The first-order valence-corrected chi connectivity index (χ1v) is 6.31. The summed E-state index contributed by atoms with van der Waals surface area (Å²) in [6, 6.07) is 12.5. The molecule has 2 aromatic rings. The number of carbonyl (C=O) groups is 1. The fraction of sp³-hybridized carbons (Fsp3) is 0.0625. The summed E-state index contributed by atoms with van der Waals surface area (Å²) in [5.74, 6) is -0.873. The number of carbonyl (C=O) groups excluding carboxylic acids is 1. The number of halogens is 1. The topological polar surface area (TPSA) is 74.5 Å². The van der Waals surface area contributed by atoms with Crippen molar-refractivity contribution in [2.75, 3.05) is 7.11 Å². The summed E-state index contributed by atoms with van der Waals surface area (Å²) in [7, 11) is 1.53. The Morgan fingerprint density at radius 1 is 1.36 bits per heavy atom. The number of para-hydroxylation sites is 1. The monoisotopic (exact) mass is 297 g/mol. The molecule has 0 saturated heterocycles. The molecule has 0 aromatic heterocycles. The number of benzene rings is 2. The molecule has 22 heavy (non-hydrogen) atoms. The van der Waals surface area contributed by atoms with Crippen LogP contribution in [0.25, 0.3) is 0 Å². The van der Waals surface area contributed by atoms with Crippen molar-refractivity contribution in [1.82, 2.24) is 5.43 Å². The molecule has 1 amide bonds. The maximum Gasteiger partial charge on any atom is 0.274 e. The zero-order valence-corrected chi connectivity index (χ0v) is 11.7. The van der Waals surface area contributed by atoms with Crippen LogP contribution in [-0.2, 0) is 0 Å². The number of amides is 1. The molecule has 0 spiro atoms. The van der Waals surface area contributed by atoms with Crippen LogP contribution >= 0.6 is 0 Å². The Bertz CT molecular complexity index is 766. The van der Waals surface area contributed by atoms with Gasteiger partial charge in [0.1, 0.15) is 11.6 Å². The Balaban J connectivity index is 2.10. The van der Waals surface area contributed by atoms with Crippen LogP contribution in [0, 0.1) is 17.1 Å². The van der Waals surface area contributed by atoms with Crippen LogP contribution in [0.4, 0.5) is 4.39 Å². The van der Waals surface area contributed by atoms with Crippen molar-refractivity contribution in [3.05, 3.63) is 65.0 Å². The standard InChI is InChI=1S/C16H12FN3O2/c1-22-15-5-3-2-4-12(15)10-19-20-16(21)13-7-6-11(9-18)8-14(13)17/h2-8,10H,1H3,(H,20,21)/b19-10-. The molecule has 0 unspecified atom stereocenters. The maximum atomic E-state index is 13.7. The fourth-order valence-corrected chi connectivity index (χ4v) is 1.76. The van der Waals surface area contributed by atoms with Gasteiger partial charge in [-0.3, -0.25) is 4.79 Å². The molecule has 110 valence electrons. The highest BCUT2D eigenvalue weighted by Crippen LogP contribution is 2.14. The van der Waals surface area contributed by atoms with Crippen LogP contribution in [-0.4, -0.2) is 19.2 Å². The van der Waals surface area contributed by atoms with Gasteiger partial charge in [-0.1, -0.05) is 12.1 Å². The van der Waals surface area contributed by atoms with Gasteiger partial charge in [0, 0.05) is 5.56 Å². The third-order valence-corrected chi connectivity index (χ3v) is 2.85. The minimum absolute atomic E-state index is 0.145. The van der Waals surface area contributed by atoms with Crippen molar-refractivity contribution in [3.8, 4) is 11.8 Å². The Morgan fingerprint density at radius 2 is 2.14 bits per heavy atom. The van der Waals surface area contributed by atoms with Crippen molar-refractivity contribution >= 4 is 12.1 Å². The van der Waals surface area contributed by atoms with Crippen LogP contribution in [0.1, 0.15) is 21.5 Å². The lowest BCUT2D eigenvalue weighted by atomic mass is 10.1. The third kappa shape index (κ3) is 3.46. The largest absolute Gasteiger partial charge is 0.496 e. The van der Waals surface area contributed by atoms with E-state index in [-0.39, 0.29) is 11.1 Å². The van der Waals surface area contributed by atoms with E-state index in [0.29, 0.717) is 11.3 Å². The van der Waals surface area contributed by atoms with Crippen LogP contribution in [0.5, 0.6) is 5.75 Å². The first-order valence-electron chi connectivity index (χ1n) is 6.31. The van der Waals surface area contributed by atoms with E-state index in [9.17, 15) is 9.18 Å². The SMILES string of the molecule is COc1ccccc1/C=N\NC(=O)c1ccc(C#N)cc1F. The summed E-state index contributed by atoms with van der Waals surface area (Å²) in [6.07, 6.45) is 1.40. The minimum Gasteiger partial charge on any atom is -0.496 e. The number of hydrazone groups is 1. The number of hydrogen-bond donors (Lipinski definition) is 1. The van der Waals surface area contributed by atoms with E-state index in [0.717, 1.165) is 6.07 Å². The third-order valence-electron chi connectivity index (χ3n) is 2.85. The summed E-state index contributed by atoms with van der Waals surface area (Å²) < 4.78 is 18.8. The second-order valence-electron chi connectivity index (χ2n) is 4.25. The molecule has 0 atom stereocenters. The minimum atomic E-state index is -0.774. The number of rotatable bonds is 4. The predicted molar refractivity (Wildman–Crippen MR) is 79.2 cm³/mol. The number of nitrogens with one attached hydrogen (secondary N) is 1. The van der Waals surface area contributed by atoms with Crippen LogP contribution in [0.3, 0.4) is 0 Å². The first-order chi connectivity index (χ1) is 10.7. The fourth-order valence-electron chi connectivity index (χ4n) is 1.76. The van der Waals surface area contributed by atoms with E-state index >= 15 is 0 Å². The molecule has 1 N–H and O–H groups in total. The second-order valence-corrected chi connectivity index (χ2v) is 4.25. The molecule has 0 radical (unpaired) electrons. The molecule has 0 bridgehead atoms. The first kappa shape index (κ1) is 15.2. The molecule has 5 nitrogen and oxygen atoms in total. The van der Waals surface area contributed by atoms with Crippen LogP contribution < -0.4 is 10.2 Å². The smallest absolute Gasteiger partial charge is 0.274 e. The average Bonchev–Trinajstić information content (AvgIpc) is 2.54. The molecule has 0 aliphatic heterocycles. The van der Waals surface area contributed by atoms with Gasteiger partial charge in [-0.15, -0.1) is 0 Å². The van der Waals surface area contributed by atoms with Gasteiger partial charge >= 0.3 is 0 Å². The Kier molecular flexibility index (Phi) is 4.83. The number of hydrogen-bond acceptors (Lipinski definition) is 4. The predicted octanol–water partition coefficient (Wildman–Crippen LogP) is 2.47. The van der Waals surface area contributed by atoms with Crippen molar-refractivity contribution < 1.29 is 13.9 Å². The molecule has 0 saturated carbocycles. The summed E-state index contributed by atoms with van der Waals surface area (Å²) in [6.45, 7) is 0. The van der Waals surface area contributed by atoms with E-state index < -0.39 is 11.7 Å². The highest BCUT2D eigenvalue weighted by Gasteiger charge is 2.11. The zero-order chi connectivity index (χ0) is 15.9. The number of methoxy groups -OCH3 is 1. The second kappa shape index (κ2) is 6.99. The van der Waals surface area contributed by atoms with Crippen molar-refractivity contribution in [2.24, 2.45) is 5.10 Å². The molecular formula is C16H12FN3O2. The van der Waals surface area contributed by atoms with Gasteiger partial charge in [0.15, 0.2) is 0 Å². The Morgan fingerprint density at radius 3 is 2.82 bits per heavy atom.